The molecule has 0 aromatic carbocycles. The molecule has 0 radical (unpaired) electrons. The Kier molecular flexibility index (Phi) is 3.31. The molecule has 0 amide bonds. The molecule has 0 N–H and O–H groups in total. The minimum absolute atomic E-state index is 2.36. The molecule has 0 heterocycles. The summed E-state index contributed by atoms with van der Waals surface area (Å²) in [6, 6.07) is 0. The van der Waals surface area contributed by atoms with E-state index in [0.29, 0.717) is 0 Å². The van der Waals surface area contributed by atoms with Gasteiger partial charge in [0.05, 0.1) is 0 Å². The second kappa shape index (κ2) is 3.33. The predicted octanol–water partition coefficient (Wildman–Crippen LogP) is 3.80. The van der Waals surface area contributed by atoms with Gasteiger partial charge in [0.25, 0.3) is 0 Å². The van der Waals surface area contributed by atoms with Crippen LogP contribution in [0.2, 0.25) is 0 Å². The molecule has 0 aliphatic heterocycles. The largest absolute Gasteiger partial charge is 0.428 e. The van der Waals surface area contributed by atoms with Gasteiger partial charge in [0, 0.05) is 0 Å². The molecule has 0 bridgehead atoms. The molecule has 0 rings (SSSR count). The monoisotopic (exact) mass is 232 g/mol. The van der Waals surface area contributed by atoms with Crippen molar-refractivity contribution in [1.29, 1.82) is 0 Å². The fourth-order valence-corrected chi connectivity index (χ4v) is 0.463. The zero-order valence-corrected chi connectivity index (χ0v) is 6.54. The summed E-state index contributed by atoms with van der Waals surface area (Å²) in [6.07, 6.45) is -10.5. The summed E-state index contributed by atoms with van der Waals surface area (Å²) in [5, 5.41) is -4.73. The number of allylic oxidation sites excluding steroid dienone is 2. The first kappa shape index (κ1) is 11.9. The topological polar surface area (TPSA) is 0 Å². The van der Waals surface area contributed by atoms with Crippen molar-refractivity contribution < 1.29 is 26.3 Å². The molecule has 0 saturated heterocycles. The van der Waals surface area contributed by atoms with Crippen LogP contribution in [0, 0.1) is 0 Å². The molecular weight excluding hydrogens is 233 g/mol. The quantitative estimate of drug-likeness (QED) is 0.558. The summed E-state index contributed by atoms with van der Waals surface area (Å²) < 4.78 is 68.7. The van der Waals surface area contributed by atoms with Crippen molar-refractivity contribution in [2.75, 3.05) is 0 Å². The summed E-state index contributed by atoms with van der Waals surface area (Å²) in [4.78, 5) is 0. The first-order chi connectivity index (χ1) is 5.07. The fourth-order valence-electron chi connectivity index (χ4n) is 0.249. The SMILES string of the molecule is FC(F)(F)/C(Cl)=C(/Cl)C(F)(F)F. The van der Waals surface area contributed by atoms with Crippen molar-refractivity contribution in [3.05, 3.63) is 10.1 Å². The third kappa shape index (κ3) is 3.10. The van der Waals surface area contributed by atoms with E-state index in [1.807, 2.05) is 0 Å². The van der Waals surface area contributed by atoms with Crippen LogP contribution in [0.25, 0.3) is 0 Å². The average molecular weight is 233 g/mol. The number of halogens is 8. The van der Waals surface area contributed by atoms with Crippen LogP contribution in [0.15, 0.2) is 10.1 Å². The van der Waals surface area contributed by atoms with E-state index in [9.17, 15) is 26.3 Å². The van der Waals surface area contributed by atoms with Crippen LogP contribution in [0.3, 0.4) is 0 Å². The predicted molar refractivity (Wildman–Crippen MR) is 30.8 cm³/mol. The Labute approximate surface area is 72.7 Å². The van der Waals surface area contributed by atoms with Crippen LogP contribution in [-0.4, -0.2) is 12.4 Å². The Morgan fingerprint density at radius 3 is 0.917 bits per heavy atom. The Hall–Kier alpha value is -0.100. The smallest absolute Gasteiger partial charge is 0.165 e. The van der Waals surface area contributed by atoms with E-state index in [0.717, 1.165) is 0 Å². The van der Waals surface area contributed by atoms with Crippen molar-refractivity contribution >= 4 is 23.2 Å². The van der Waals surface area contributed by atoms with E-state index >= 15 is 0 Å². The highest BCUT2D eigenvalue weighted by Gasteiger charge is 2.44. The van der Waals surface area contributed by atoms with Gasteiger partial charge in [0.1, 0.15) is 10.1 Å². The van der Waals surface area contributed by atoms with Gasteiger partial charge < -0.3 is 0 Å². The fraction of sp³-hybridized carbons (Fsp3) is 0.500. The standard InChI is InChI=1S/C4Cl2F6/c5-1(3(7,8)9)2(6)4(10,11)12/b2-1-. The van der Waals surface area contributed by atoms with Gasteiger partial charge in [-0.2, -0.15) is 26.3 Å². The lowest BCUT2D eigenvalue weighted by Crippen LogP contribution is -2.16. The van der Waals surface area contributed by atoms with Crippen molar-refractivity contribution in [3.8, 4) is 0 Å². The number of hydrogen-bond donors (Lipinski definition) is 0. The zero-order chi connectivity index (χ0) is 10.2. The van der Waals surface area contributed by atoms with Gasteiger partial charge in [-0.3, -0.25) is 0 Å². The van der Waals surface area contributed by atoms with Crippen LogP contribution >= 0.6 is 23.2 Å². The van der Waals surface area contributed by atoms with Crippen molar-refractivity contribution in [1.82, 2.24) is 0 Å². The van der Waals surface area contributed by atoms with Crippen LogP contribution in [-0.2, 0) is 0 Å². The molecule has 8 heteroatoms. The molecule has 0 atom stereocenters. The Morgan fingerprint density at radius 1 is 0.667 bits per heavy atom. The second-order valence-corrected chi connectivity index (χ2v) is 2.38. The average Bonchev–Trinajstić information content (AvgIpc) is 1.80. The lowest BCUT2D eigenvalue weighted by atomic mass is 10.4. The zero-order valence-electron chi connectivity index (χ0n) is 5.02. The third-order valence-electron chi connectivity index (χ3n) is 0.690. The second-order valence-electron chi connectivity index (χ2n) is 1.62. The van der Waals surface area contributed by atoms with Gasteiger partial charge in [-0.05, 0) is 0 Å². The van der Waals surface area contributed by atoms with Crippen molar-refractivity contribution in [3.63, 3.8) is 0 Å². The molecule has 0 aliphatic rings. The molecule has 0 aromatic rings. The molecule has 0 saturated carbocycles. The van der Waals surface area contributed by atoms with Crippen LogP contribution in [0.4, 0.5) is 26.3 Å². The lowest BCUT2D eigenvalue weighted by molar-refractivity contribution is -0.105. The van der Waals surface area contributed by atoms with Gasteiger partial charge in [0.2, 0.25) is 0 Å². The summed E-state index contributed by atoms with van der Waals surface area (Å²) in [5.74, 6) is 0. The molecule has 0 unspecified atom stereocenters. The van der Waals surface area contributed by atoms with Crippen molar-refractivity contribution in [2.24, 2.45) is 0 Å². The van der Waals surface area contributed by atoms with Crippen molar-refractivity contribution in [2.45, 2.75) is 12.4 Å². The van der Waals surface area contributed by atoms with Gasteiger partial charge in [-0.15, -0.1) is 0 Å². The number of alkyl halides is 6. The van der Waals surface area contributed by atoms with Gasteiger partial charge >= 0.3 is 12.4 Å². The van der Waals surface area contributed by atoms with Crippen LogP contribution in [0.5, 0.6) is 0 Å². The van der Waals surface area contributed by atoms with Crippen LogP contribution in [0.1, 0.15) is 0 Å². The first-order valence-electron chi connectivity index (χ1n) is 2.26. The molecule has 72 valence electrons. The molecule has 0 fully saturated rings. The van der Waals surface area contributed by atoms with Gasteiger partial charge in [-0.25, -0.2) is 0 Å². The Balaban J connectivity index is 4.96. The summed E-state index contributed by atoms with van der Waals surface area (Å²) >= 11 is 8.59. The van der Waals surface area contributed by atoms with Crippen LogP contribution < -0.4 is 0 Å². The Bertz CT molecular complexity index is 177. The maximum atomic E-state index is 11.5. The van der Waals surface area contributed by atoms with Gasteiger partial charge in [0.15, 0.2) is 0 Å². The maximum absolute atomic E-state index is 11.5. The summed E-state index contributed by atoms with van der Waals surface area (Å²) in [5.41, 5.74) is 0. The number of hydrogen-bond acceptors (Lipinski definition) is 0. The van der Waals surface area contributed by atoms with E-state index in [1.54, 1.807) is 0 Å². The highest BCUT2D eigenvalue weighted by molar-refractivity contribution is 6.40. The molecular formula is C4Cl2F6. The third-order valence-corrected chi connectivity index (χ3v) is 1.59. The van der Waals surface area contributed by atoms with E-state index in [-0.39, 0.29) is 0 Å². The first-order valence-corrected chi connectivity index (χ1v) is 3.02. The van der Waals surface area contributed by atoms with Gasteiger partial charge in [-0.1, -0.05) is 23.2 Å². The highest BCUT2D eigenvalue weighted by atomic mass is 35.5. The lowest BCUT2D eigenvalue weighted by Gasteiger charge is -2.09. The summed E-state index contributed by atoms with van der Waals surface area (Å²) in [7, 11) is 0. The highest BCUT2D eigenvalue weighted by Crippen LogP contribution is 2.40. The molecule has 0 aliphatic carbocycles. The molecule has 0 aromatic heterocycles. The molecule has 12 heavy (non-hydrogen) atoms. The minimum atomic E-state index is -5.27. The molecule has 0 spiro atoms. The minimum Gasteiger partial charge on any atom is -0.165 e. The van der Waals surface area contributed by atoms with E-state index in [4.69, 9.17) is 0 Å². The maximum Gasteiger partial charge on any atom is 0.428 e. The molecule has 0 nitrogen and oxygen atoms in total. The Morgan fingerprint density at radius 2 is 0.833 bits per heavy atom. The van der Waals surface area contributed by atoms with E-state index in [1.165, 1.54) is 0 Å². The van der Waals surface area contributed by atoms with E-state index < -0.39 is 22.4 Å². The summed E-state index contributed by atoms with van der Waals surface area (Å²) in [6.45, 7) is 0. The van der Waals surface area contributed by atoms with E-state index in [2.05, 4.69) is 23.2 Å². The normalized spacial score (nSPS) is 16.0. The number of rotatable bonds is 0.